The van der Waals surface area contributed by atoms with Crippen LogP contribution in [0.25, 0.3) is 0 Å². The molecule has 0 bridgehead atoms. The van der Waals surface area contributed by atoms with Crippen molar-refractivity contribution >= 4 is 23.5 Å². The third-order valence-corrected chi connectivity index (χ3v) is 3.05. The van der Waals surface area contributed by atoms with E-state index in [1.807, 2.05) is 0 Å². The van der Waals surface area contributed by atoms with Crippen molar-refractivity contribution in [2.24, 2.45) is 7.05 Å². The van der Waals surface area contributed by atoms with E-state index in [9.17, 15) is 19.1 Å². The monoisotopic (exact) mass is 311 g/mol. The fourth-order valence-electron chi connectivity index (χ4n) is 1.73. The number of rotatable bonds is 4. The summed E-state index contributed by atoms with van der Waals surface area (Å²) in [5.41, 5.74) is 0.392. The van der Waals surface area contributed by atoms with Crippen LogP contribution in [-0.2, 0) is 11.8 Å². The second kappa shape index (κ2) is 5.92. The van der Waals surface area contributed by atoms with Gasteiger partial charge in [0.15, 0.2) is 6.04 Å². The number of carbonyl (C=O) groups excluding carboxylic acids is 1. The van der Waals surface area contributed by atoms with Crippen LogP contribution in [0, 0.1) is 5.82 Å². The molecule has 0 fully saturated rings. The molecule has 0 aliphatic heterocycles. The van der Waals surface area contributed by atoms with Crippen molar-refractivity contribution in [2.45, 2.75) is 6.04 Å². The number of hydrogen-bond donors (Lipinski definition) is 2. The SMILES string of the molecule is Cn1cc(C(NC(=O)c2ccc(F)c(Cl)c2)C(=O)O)cn1. The number of nitrogens with zero attached hydrogens (tertiary/aromatic N) is 2. The fourth-order valence-corrected chi connectivity index (χ4v) is 1.91. The van der Waals surface area contributed by atoms with E-state index in [0.717, 1.165) is 12.1 Å². The second-order valence-corrected chi connectivity index (χ2v) is 4.73. The van der Waals surface area contributed by atoms with Crippen molar-refractivity contribution in [3.63, 3.8) is 0 Å². The number of aryl methyl sites for hydroxylation is 1. The lowest BCUT2D eigenvalue weighted by molar-refractivity contribution is -0.139. The van der Waals surface area contributed by atoms with Gasteiger partial charge in [-0.1, -0.05) is 11.6 Å². The molecule has 1 unspecified atom stereocenters. The predicted octanol–water partition coefficient (Wildman–Crippen LogP) is 1.77. The van der Waals surface area contributed by atoms with Crippen LogP contribution in [0.5, 0.6) is 0 Å². The number of carboxylic acids is 1. The average molecular weight is 312 g/mol. The zero-order valence-electron chi connectivity index (χ0n) is 10.9. The summed E-state index contributed by atoms with van der Waals surface area (Å²) in [4.78, 5) is 23.3. The second-order valence-electron chi connectivity index (χ2n) is 4.32. The zero-order chi connectivity index (χ0) is 15.6. The Kier molecular flexibility index (Phi) is 4.23. The molecule has 1 aromatic carbocycles. The van der Waals surface area contributed by atoms with Crippen molar-refractivity contribution in [3.05, 3.63) is 52.6 Å². The van der Waals surface area contributed by atoms with Gasteiger partial charge in [0, 0.05) is 24.4 Å². The van der Waals surface area contributed by atoms with Gasteiger partial charge in [-0.2, -0.15) is 5.10 Å². The summed E-state index contributed by atoms with van der Waals surface area (Å²) in [5.74, 6) is -2.56. The molecule has 21 heavy (non-hydrogen) atoms. The Morgan fingerprint density at radius 1 is 1.48 bits per heavy atom. The molecule has 6 nitrogen and oxygen atoms in total. The third-order valence-electron chi connectivity index (χ3n) is 2.76. The molecular weight excluding hydrogens is 301 g/mol. The highest BCUT2D eigenvalue weighted by atomic mass is 35.5. The number of hydrogen-bond acceptors (Lipinski definition) is 3. The minimum absolute atomic E-state index is 0.0662. The summed E-state index contributed by atoms with van der Waals surface area (Å²) in [7, 11) is 1.63. The number of benzene rings is 1. The quantitative estimate of drug-likeness (QED) is 0.901. The summed E-state index contributed by atoms with van der Waals surface area (Å²) in [6.45, 7) is 0. The fraction of sp³-hybridized carbons (Fsp3) is 0.154. The molecule has 0 spiro atoms. The molecule has 0 aliphatic rings. The summed E-state index contributed by atoms with van der Waals surface area (Å²) in [5, 5.41) is 15.2. The summed E-state index contributed by atoms with van der Waals surface area (Å²) >= 11 is 5.59. The first-order chi connectivity index (χ1) is 9.88. The molecule has 1 heterocycles. The van der Waals surface area contributed by atoms with Crippen LogP contribution < -0.4 is 5.32 Å². The van der Waals surface area contributed by atoms with Crippen LogP contribution in [0.2, 0.25) is 5.02 Å². The van der Waals surface area contributed by atoms with Crippen LogP contribution in [0.1, 0.15) is 22.0 Å². The summed E-state index contributed by atoms with van der Waals surface area (Å²) in [6, 6.07) is 2.14. The van der Waals surface area contributed by atoms with Gasteiger partial charge in [0.1, 0.15) is 5.82 Å². The molecule has 8 heteroatoms. The lowest BCUT2D eigenvalue weighted by Gasteiger charge is -2.13. The first-order valence-corrected chi connectivity index (χ1v) is 6.23. The van der Waals surface area contributed by atoms with E-state index < -0.39 is 23.7 Å². The number of aromatic nitrogens is 2. The number of nitrogens with one attached hydrogen (secondary N) is 1. The van der Waals surface area contributed by atoms with Crippen LogP contribution in [0.4, 0.5) is 4.39 Å². The largest absolute Gasteiger partial charge is 0.479 e. The lowest BCUT2D eigenvalue weighted by atomic mass is 10.1. The van der Waals surface area contributed by atoms with E-state index in [0.29, 0.717) is 5.56 Å². The Morgan fingerprint density at radius 2 is 2.19 bits per heavy atom. The normalized spacial score (nSPS) is 12.0. The van der Waals surface area contributed by atoms with E-state index in [2.05, 4.69) is 10.4 Å². The van der Waals surface area contributed by atoms with E-state index in [4.69, 9.17) is 11.6 Å². The Labute approximate surface area is 124 Å². The maximum Gasteiger partial charge on any atom is 0.331 e. The van der Waals surface area contributed by atoms with Crippen molar-refractivity contribution in [3.8, 4) is 0 Å². The van der Waals surface area contributed by atoms with E-state index in [1.165, 1.54) is 23.1 Å². The Hall–Kier alpha value is -2.41. The third kappa shape index (κ3) is 3.38. The standard InChI is InChI=1S/C13H11ClFN3O3/c1-18-6-8(5-16-18)11(13(20)21)17-12(19)7-2-3-10(15)9(14)4-7/h2-6,11H,1H3,(H,17,19)(H,20,21). The van der Waals surface area contributed by atoms with E-state index in [-0.39, 0.29) is 10.6 Å². The number of halogens is 2. The van der Waals surface area contributed by atoms with E-state index >= 15 is 0 Å². The smallest absolute Gasteiger partial charge is 0.331 e. The van der Waals surface area contributed by atoms with Gasteiger partial charge in [0.2, 0.25) is 0 Å². The molecule has 0 saturated carbocycles. The maximum atomic E-state index is 13.1. The van der Waals surface area contributed by atoms with Gasteiger partial charge >= 0.3 is 5.97 Å². The highest BCUT2D eigenvalue weighted by molar-refractivity contribution is 6.31. The van der Waals surface area contributed by atoms with Gasteiger partial charge in [0.05, 0.1) is 11.2 Å². The van der Waals surface area contributed by atoms with Crippen LogP contribution in [-0.4, -0.2) is 26.8 Å². The van der Waals surface area contributed by atoms with E-state index in [1.54, 1.807) is 7.05 Å². The van der Waals surface area contributed by atoms with Gasteiger partial charge in [-0.3, -0.25) is 9.48 Å². The molecule has 0 saturated heterocycles. The molecular formula is C13H11ClFN3O3. The van der Waals surface area contributed by atoms with Gasteiger partial charge in [0.25, 0.3) is 5.91 Å². The minimum Gasteiger partial charge on any atom is -0.479 e. The van der Waals surface area contributed by atoms with Gasteiger partial charge in [-0.15, -0.1) is 0 Å². The topological polar surface area (TPSA) is 84.2 Å². The lowest BCUT2D eigenvalue weighted by Crippen LogP contribution is -2.33. The molecule has 110 valence electrons. The van der Waals surface area contributed by atoms with Crippen molar-refractivity contribution in [1.29, 1.82) is 0 Å². The molecule has 2 aromatic rings. The van der Waals surface area contributed by atoms with Crippen molar-refractivity contribution < 1.29 is 19.1 Å². The highest BCUT2D eigenvalue weighted by Gasteiger charge is 2.24. The Morgan fingerprint density at radius 3 is 2.71 bits per heavy atom. The van der Waals surface area contributed by atoms with Gasteiger partial charge in [-0.05, 0) is 18.2 Å². The molecule has 1 atom stereocenters. The first-order valence-electron chi connectivity index (χ1n) is 5.85. The maximum absolute atomic E-state index is 13.1. The molecule has 0 aliphatic carbocycles. The van der Waals surface area contributed by atoms with Crippen LogP contribution in [0.15, 0.2) is 30.6 Å². The summed E-state index contributed by atoms with van der Waals surface area (Å²) in [6.07, 6.45) is 2.83. The molecule has 1 amide bonds. The Bertz CT molecular complexity index is 702. The molecule has 1 aromatic heterocycles. The average Bonchev–Trinajstić information content (AvgIpc) is 2.84. The number of amides is 1. The van der Waals surface area contributed by atoms with Gasteiger partial charge < -0.3 is 10.4 Å². The predicted molar refractivity (Wildman–Crippen MR) is 72.5 cm³/mol. The number of aliphatic carboxylic acids is 1. The summed E-state index contributed by atoms with van der Waals surface area (Å²) < 4.78 is 14.5. The van der Waals surface area contributed by atoms with Gasteiger partial charge in [-0.25, -0.2) is 9.18 Å². The first kappa shape index (κ1) is 15.0. The number of carbonyl (C=O) groups is 2. The number of carboxylic acid groups (broad SMARTS) is 1. The highest BCUT2D eigenvalue weighted by Crippen LogP contribution is 2.18. The minimum atomic E-state index is -1.25. The zero-order valence-corrected chi connectivity index (χ0v) is 11.6. The molecule has 2 rings (SSSR count). The molecule has 2 N–H and O–H groups in total. The Balaban J connectivity index is 2.22. The molecule has 0 radical (unpaired) electrons. The van der Waals surface area contributed by atoms with Crippen LogP contribution in [0.3, 0.4) is 0 Å². The van der Waals surface area contributed by atoms with Crippen LogP contribution >= 0.6 is 11.6 Å². The van der Waals surface area contributed by atoms with Crippen molar-refractivity contribution in [1.82, 2.24) is 15.1 Å². The van der Waals surface area contributed by atoms with Crippen molar-refractivity contribution in [2.75, 3.05) is 0 Å².